The summed E-state index contributed by atoms with van der Waals surface area (Å²) in [6, 6.07) is 0.379. The van der Waals surface area contributed by atoms with Crippen LogP contribution in [0.3, 0.4) is 0 Å². The maximum absolute atomic E-state index is 5.88. The lowest BCUT2D eigenvalue weighted by atomic mass is 10.3. The maximum atomic E-state index is 5.88. The van der Waals surface area contributed by atoms with Gasteiger partial charge in [-0.2, -0.15) is 5.10 Å². The van der Waals surface area contributed by atoms with Gasteiger partial charge in [0.25, 0.3) is 0 Å². The highest BCUT2D eigenvalue weighted by Gasteiger charge is 2.20. The molecule has 1 unspecified atom stereocenters. The van der Waals surface area contributed by atoms with Crippen molar-refractivity contribution in [2.45, 2.75) is 12.5 Å². The summed E-state index contributed by atoms with van der Waals surface area (Å²) in [5, 5.41) is 4.92. The first-order valence-corrected chi connectivity index (χ1v) is 5.21. The molecule has 1 aliphatic rings. The molecule has 1 aromatic heterocycles. The van der Waals surface area contributed by atoms with E-state index in [2.05, 4.69) is 27.7 Å². The fourth-order valence-corrected chi connectivity index (χ4v) is 2.08. The van der Waals surface area contributed by atoms with E-state index in [1.54, 1.807) is 6.20 Å². The SMILES string of the molecule is Clc1cnn(C2CCOC2)c1I. The van der Waals surface area contributed by atoms with Crippen LogP contribution in [0.4, 0.5) is 0 Å². The molecule has 0 spiro atoms. The van der Waals surface area contributed by atoms with Gasteiger partial charge in [-0.25, -0.2) is 0 Å². The van der Waals surface area contributed by atoms with Crippen molar-refractivity contribution >= 4 is 34.2 Å². The second kappa shape index (κ2) is 3.51. The van der Waals surface area contributed by atoms with Crippen LogP contribution in [0.2, 0.25) is 5.02 Å². The third-order valence-corrected chi connectivity index (χ3v) is 3.62. The largest absolute Gasteiger partial charge is 0.379 e. The second-order valence-electron chi connectivity index (χ2n) is 2.75. The monoisotopic (exact) mass is 298 g/mol. The van der Waals surface area contributed by atoms with Gasteiger partial charge in [-0.15, -0.1) is 0 Å². The van der Waals surface area contributed by atoms with Gasteiger partial charge in [-0.1, -0.05) is 11.6 Å². The zero-order chi connectivity index (χ0) is 8.55. The zero-order valence-corrected chi connectivity index (χ0v) is 9.25. The Morgan fingerprint density at radius 2 is 2.58 bits per heavy atom. The van der Waals surface area contributed by atoms with Crippen molar-refractivity contribution in [3.8, 4) is 0 Å². The molecule has 1 saturated heterocycles. The average molecular weight is 299 g/mol. The maximum Gasteiger partial charge on any atom is 0.118 e. The van der Waals surface area contributed by atoms with Crippen LogP contribution in [-0.4, -0.2) is 23.0 Å². The number of halogens is 2. The van der Waals surface area contributed by atoms with Gasteiger partial charge < -0.3 is 4.74 Å². The summed E-state index contributed by atoms with van der Waals surface area (Å²) >= 11 is 8.08. The van der Waals surface area contributed by atoms with E-state index in [0.29, 0.717) is 6.04 Å². The quantitative estimate of drug-likeness (QED) is 0.743. The van der Waals surface area contributed by atoms with E-state index < -0.39 is 0 Å². The van der Waals surface area contributed by atoms with E-state index in [1.807, 2.05) is 4.68 Å². The number of ether oxygens (including phenoxy) is 1. The molecule has 66 valence electrons. The second-order valence-corrected chi connectivity index (χ2v) is 4.17. The summed E-state index contributed by atoms with van der Waals surface area (Å²) in [4.78, 5) is 0. The molecule has 1 atom stereocenters. The molecule has 0 N–H and O–H groups in total. The van der Waals surface area contributed by atoms with Gasteiger partial charge in [0.05, 0.1) is 23.9 Å². The van der Waals surface area contributed by atoms with Crippen LogP contribution in [0.5, 0.6) is 0 Å². The molecule has 0 bridgehead atoms. The van der Waals surface area contributed by atoms with Crippen molar-refractivity contribution < 1.29 is 4.74 Å². The Labute approximate surface area is 89.2 Å². The molecule has 1 fully saturated rings. The van der Waals surface area contributed by atoms with Crippen LogP contribution in [-0.2, 0) is 4.74 Å². The van der Waals surface area contributed by atoms with Crippen molar-refractivity contribution in [3.05, 3.63) is 14.9 Å². The van der Waals surface area contributed by atoms with Gasteiger partial charge in [0, 0.05) is 6.61 Å². The van der Waals surface area contributed by atoms with Crippen LogP contribution in [0.1, 0.15) is 12.5 Å². The third kappa shape index (κ3) is 1.47. The molecule has 12 heavy (non-hydrogen) atoms. The molecule has 1 aromatic rings. The normalized spacial score (nSPS) is 23.3. The Kier molecular flexibility index (Phi) is 2.57. The minimum Gasteiger partial charge on any atom is -0.379 e. The minimum atomic E-state index is 0.379. The smallest absolute Gasteiger partial charge is 0.118 e. The fourth-order valence-electron chi connectivity index (χ4n) is 1.30. The van der Waals surface area contributed by atoms with Crippen molar-refractivity contribution in [2.75, 3.05) is 13.2 Å². The topological polar surface area (TPSA) is 27.1 Å². The van der Waals surface area contributed by atoms with Crippen LogP contribution in [0, 0.1) is 3.70 Å². The van der Waals surface area contributed by atoms with Gasteiger partial charge >= 0.3 is 0 Å². The number of rotatable bonds is 1. The van der Waals surface area contributed by atoms with Gasteiger partial charge in [0.15, 0.2) is 0 Å². The number of hydrogen-bond donors (Lipinski definition) is 0. The Morgan fingerprint density at radius 3 is 3.08 bits per heavy atom. The lowest BCUT2D eigenvalue weighted by molar-refractivity contribution is 0.184. The Hall–Kier alpha value is 0.190. The fraction of sp³-hybridized carbons (Fsp3) is 0.571. The van der Waals surface area contributed by atoms with Gasteiger partial charge in [0.1, 0.15) is 3.70 Å². The molecule has 0 saturated carbocycles. The Bertz CT molecular complexity index is 283. The molecule has 2 heterocycles. The summed E-state index contributed by atoms with van der Waals surface area (Å²) < 4.78 is 8.21. The first kappa shape index (κ1) is 8.77. The van der Waals surface area contributed by atoms with Gasteiger partial charge in [-0.05, 0) is 29.0 Å². The number of nitrogens with zero attached hydrogens (tertiary/aromatic N) is 2. The summed E-state index contributed by atoms with van der Waals surface area (Å²) in [5.41, 5.74) is 0. The molecule has 0 amide bonds. The van der Waals surface area contributed by atoms with Crippen molar-refractivity contribution in [3.63, 3.8) is 0 Å². The molecule has 3 nitrogen and oxygen atoms in total. The molecular formula is C7H8ClIN2O. The van der Waals surface area contributed by atoms with Crippen LogP contribution < -0.4 is 0 Å². The molecule has 5 heteroatoms. The highest BCUT2D eigenvalue weighted by Crippen LogP contribution is 2.25. The Morgan fingerprint density at radius 1 is 1.75 bits per heavy atom. The first-order chi connectivity index (χ1) is 5.79. The highest BCUT2D eigenvalue weighted by atomic mass is 127. The molecule has 0 radical (unpaired) electrons. The molecule has 1 aliphatic heterocycles. The summed E-state index contributed by atoms with van der Waals surface area (Å²) in [6.07, 6.45) is 2.72. The highest BCUT2D eigenvalue weighted by molar-refractivity contribution is 14.1. The number of aromatic nitrogens is 2. The third-order valence-electron chi connectivity index (χ3n) is 1.95. The van der Waals surface area contributed by atoms with Crippen LogP contribution in [0.25, 0.3) is 0 Å². The molecule has 0 aromatic carbocycles. The Balaban J connectivity index is 2.26. The van der Waals surface area contributed by atoms with Gasteiger partial charge in [-0.3, -0.25) is 4.68 Å². The van der Waals surface area contributed by atoms with Crippen LogP contribution >= 0.6 is 34.2 Å². The van der Waals surface area contributed by atoms with Crippen molar-refractivity contribution in [1.29, 1.82) is 0 Å². The predicted molar refractivity (Wildman–Crippen MR) is 54.4 cm³/mol. The summed E-state index contributed by atoms with van der Waals surface area (Å²) in [6.45, 7) is 1.59. The molecule has 2 rings (SSSR count). The molecule has 0 aliphatic carbocycles. The van der Waals surface area contributed by atoms with Crippen molar-refractivity contribution in [1.82, 2.24) is 9.78 Å². The van der Waals surface area contributed by atoms with E-state index in [4.69, 9.17) is 16.3 Å². The van der Waals surface area contributed by atoms with E-state index >= 15 is 0 Å². The average Bonchev–Trinajstić information content (AvgIpc) is 2.64. The summed E-state index contributed by atoms with van der Waals surface area (Å²) in [7, 11) is 0. The van der Waals surface area contributed by atoms with Crippen LogP contribution in [0.15, 0.2) is 6.20 Å². The summed E-state index contributed by atoms with van der Waals surface area (Å²) in [5.74, 6) is 0. The standard InChI is InChI=1S/C7H8ClIN2O/c8-6-3-10-11(7(6)9)5-1-2-12-4-5/h3,5H,1-2,4H2. The minimum absolute atomic E-state index is 0.379. The van der Waals surface area contributed by atoms with Crippen molar-refractivity contribution in [2.24, 2.45) is 0 Å². The lowest BCUT2D eigenvalue weighted by Crippen LogP contribution is -2.11. The zero-order valence-electron chi connectivity index (χ0n) is 6.33. The van der Waals surface area contributed by atoms with E-state index in [9.17, 15) is 0 Å². The van der Waals surface area contributed by atoms with E-state index in [-0.39, 0.29) is 0 Å². The predicted octanol–water partition coefficient (Wildman–Crippen LogP) is 2.10. The van der Waals surface area contributed by atoms with Gasteiger partial charge in [0.2, 0.25) is 0 Å². The molecular weight excluding hydrogens is 290 g/mol. The van der Waals surface area contributed by atoms with E-state index in [0.717, 1.165) is 28.4 Å². The van der Waals surface area contributed by atoms with E-state index in [1.165, 1.54) is 0 Å². The number of hydrogen-bond acceptors (Lipinski definition) is 2. The lowest BCUT2D eigenvalue weighted by Gasteiger charge is -2.08. The first-order valence-electron chi connectivity index (χ1n) is 3.75.